The maximum atomic E-state index is 10.7. The first-order valence-electron chi connectivity index (χ1n) is 4.53. The Morgan fingerprint density at radius 2 is 1.65 bits per heavy atom. The molecule has 0 amide bonds. The van der Waals surface area contributed by atoms with Gasteiger partial charge in [-0.25, -0.2) is 0 Å². The normalized spacial score (nSPS) is 8.82. The van der Waals surface area contributed by atoms with Crippen molar-refractivity contribution >= 4 is 11.9 Å². The van der Waals surface area contributed by atoms with Crippen molar-refractivity contribution in [2.45, 2.75) is 20.3 Å². The predicted octanol–water partition coefficient (Wildman–Crippen LogP) is -6.71. The predicted molar refractivity (Wildman–Crippen MR) is 49.2 cm³/mol. The SMILES string of the molecule is CCc1cc(C(=O)[O-])cc(C(=O)[O-])c1C.[Na+].[Na+]. The van der Waals surface area contributed by atoms with Crippen LogP contribution >= 0.6 is 0 Å². The average Bonchev–Trinajstić information content (AvgIpc) is 2.17. The summed E-state index contributed by atoms with van der Waals surface area (Å²) in [6.07, 6.45) is 0.563. The average molecular weight is 252 g/mol. The van der Waals surface area contributed by atoms with Crippen LogP contribution in [-0.4, -0.2) is 11.9 Å². The zero-order chi connectivity index (χ0) is 11.6. The van der Waals surface area contributed by atoms with Gasteiger partial charge in [0, 0.05) is 5.56 Å². The summed E-state index contributed by atoms with van der Waals surface area (Å²) in [5, 5.41) is 21.4. The topological polar surface area (TPSA) is 80.3 Å². The summed E-state index contributed by atoms with van der Waals surface area (Å²) in [5.74, 6) is -2.75. The van der Waals surface area contributed by atoms with E-state index in [1.54, 1.807) is 6.92 Å². The molecule has 0 saturated carbocycles. The molecule has 0 radical (unpaired) electrons. The molecule has 6 heteroatoms. The standard InChI is InChI=1S/C11H12O4.2Na/c1-3-7-4-8(10(12)13)5-9(6(7)2)11(14)15;;/h4-5H,3H2,1-2H3,(H,12,13)(H,14,15);;/q;2*+1/p-2. The van der Waals surface area contributed by atoms with Crippen molar-refractivity contribution in [2.75, 3.05) is 0 Å². The first-order valence-corrected chi connectivity index (χ1v) is 4.53. The number of carboxylic acid groups (broad SMARTS) is 2. The van der Waals surface area contributed by atoms with E-state index < -0.39 is 11.9 Å². The van der Waals surface area contributed by atoms with Crippen LogP contribution in [0.15, 0.2) is 12.1 Å². The van der Waals surface area contributed by atoms with Crippen molar-refractivity contribution in [2.24, 2.45) is 0 Å². The number of benzene rings is 1. The Morgan fingerprint density at radius 3 is 2.00 bits per heavy atom. The summed E-state index contributed by atoms with van der Waals surface area (Å²) in [7, 11) is 0. The molecule has 0 saturated heterocycles. The van der Waals surface area contributed by atoms with E-state index in [9.17, 15) is 19.8 Å². The molecule has 0 heterocycles. The summed E-state index contributed by atoms with van der Waals surface area (Å²) >= 11 is 0. The van der Waals surface area contributed by atoms with Crippen molar-refractivity contribution < 1.29 is 78.9 Å². The molecule has 0 bridgehead atoms. The fourth-order valence-corrected chi connectivity index (χ4v) is 1.47. The van der Waals surface area contributed by atoms with E-state index in [1.807, 2.05) is 6.92 Å². The third-order valence-corrected chi connectivity index (χ3v) is 2.35. The van der Waals surface area contributed by atoms with Gasteiger partial charge >= 0.3 is 59.1 Å². The molecule has 0 aliphatic carbocycles. The van der Waals surface area contributed by atoms with E-state index in [-0.39, 0.29) is 70.2 Å². The van der Waals surface area contributed by atoms with E-state index in [0.717, 1.165) is 6.07 Å². The second-order valence-corrected chi connectivity index (χ2v) is 3.24. The molecule has 17 heavy (non-hydrogen) atoms. The molecule has 0 aliphatic rings. The summed E-state index contributed by atoms with van der Waals surface area (Å²) < 4.78 is 0. The van der Waals surface area contributed by atoms with Crippen LogP contribution in [0.3, 0.4) is 0 Å². The van der Waals surface area contributed by atoms with Gasteiger partial charge < -0.3 is 19.8 Å². The van der Waals surface area contributed by atoms with Crippen molar-refractivity contribution in [3.05, 3.63) is 34.4 Å². The molecule has 0 N–H and O–H groups in total. The van der Waals surface area contributed by atoms with Gasteiger partial charge in [-0.05, 0) is 42.2 Å². The number of rotatable bonds is 3. The number of aromatic carboxylic acids is 2. The van der Waals surface area contributed by atoms with E-state index in [1.165, 1.54) is 6.07 Å². The quantitative estimate of drug-likeness (QED) is 0.501. The van der Waals surface area contributed by atoms with Crippen LogP contribution < -0.4 is 69.3 Å². The first-order chi connectivity index (χ1) is 6.97. The number of hydrogen-bond donors (Lipinski definition) is 0. The molecule has 0 aromatic heterocycles. The van der Waals surface area contributed by atoms with Gasteiger partial charge in [0.2, 0.25) is 0 Å². The molecule has 0 fully saturated rings. The van der Waals surface area contributed by atoms with Crippen molar-refractivity contribution in [3.63, 3.8) is 0 Å². The smallest absolute Gasteiger partial charge is 0.545 e. The second kappa shape index (κ2) is 8.29. The van der Waals surface area contributed by atoms with Gasteiger partial charge in [0.05, 0.1) is 11.9 Å². The van der Waals surface area contributed by atoms with Gasteiger partial charge in [-0.15, -0.1) is 0 Å². The fraction of sp³-hybridized carbons (Fsp3) is 0.273. The van der Waals surface area contributed by atoms with Gasteiger partial charge in [-0.1, -0.05) is 6.92 Å². The second-order valence-electron chi connectivity index (χ2n) is 3.24. The molecule has 0 unspecified atom stereocenters. The van der Waals surface area contributed by atoms with Gasteiger partial charge in [0.1, 0.15) is 0 Å². The number of carbonyl (C=O) groups is 2. The fourth-order valence-electron chi connectivity index (χ4n) is 1.47. The summed E-state index contributed by atoms with van der Waals surface area (Å²) in [6, 6.07) is 2.50. The Morgan fingerprint density at radius 1 is 1.12 bits per heavy atom. The Hall–Kier alpha value is 0.160. The molecular formula is C11H10Na2O4. The minimum Gasteiger partial charge on any atom is -0.545 e. The molecule has 0 atom stereocenters. The Balaban J connectivity index is 0. The van der Waals surface area contributed by atoms with Crippen molar-refractivity contribution in [1.29, 1.82) is 0 Å². The minimum absolute atomic E-state index is 0. The molecule has 0 spiro atoms. The van der Waals surface area contributed by atoms with Crippen LogP contribution in [0.4, 0.5) is 0 Å². The maximum Gasteiger partial charge on any atom is 1.00 e. The van der Waals surface area contributed by atoms with Crippen LogP contribution in [0.5, 0.6) is 0 Å². The van der Waals surface area contributed by atoms with E-state index in [4.69, 9.17) is 0 Å². The number of carboxylic acids is 2. The number of aryl methyl sites for hydroxylation is 1. The largest absolute Gasteiger partial charge is 1.00 e. The van der Waals surface area contributed by atoms with Crippen LogP contribution in [0, 0.1) is 6.92 Å². The van der Waals surface area contributed by atoms with Crippen LogP contribution in [0.1, 0.15) is 38.8 Å². The van der Waals surface area contributed by atoms with Gasteiger partial charge in [0.15, 0.2) is 0 Å². The Kier molecular flexibility index (Phi) is 9.51. The third-order valence-electron chi connectivity index (χ3n) is 2.35. The summed E-state index contributed by atoms with van der Waals surface area (Å²) in [6.45, 7) is 3.45. The molecular weight excluding hydrogens is 242 g/mol. The maximum absolute atomic E-state index is 10.7. The van der Waals surface area contributed by atoms with Gasteiger partial charge in [-0.3, -0.25) is 0 Å². The molecule has 1 aromatic carbocycles. The zero-order valence-electron chi connectivity index (χ0n) is 10.5. The minimum atomic E-state index is -1.38. The van der Waals surface area contributed by atoms with Crippen LogP contribution in [-0.2, 0) is 6.42 Å². The molecule has 1 rings (SSSR count). The monoisotopic (exact) mass is 252 g/mol. The van der Waals surface area contributed by atoms with Crippen molar-refractivity contribution in [1.82, 2.24) is 0 Å². The van der Waals surface area contributed by atoms with Crippen molar-refractivity contribution in [3.8, 4) is 0 Å². The van der Waals surface area contributed by atoms with E-state index in [0.29, 0.717) is 17.5 Å². The molecule has 1 aromatic rings. The van der Waals surface area contributed by atoms with Crippen LogP contribution in [0.2, 0.25) is 0 Å². The van der Waals surface area contributed by atoms with Gasteiger partial charge in [0.25, 0.3) is 0 Å². The Bertz CT molecular complexity index is 430. The first kappa shape index (κ1) is 19.5. The zero-order valence-corrected chi connectivity index (χ0v) is 14.5. The van der Waals surface area contributed by atoms with Crippen LogP contribution in [0.25, 0.3) is 0 Å². The Labute approximate surface area is 144 Å². The van der Waals surface area contributed by atoms with E-state index >= 15 is 0 Å². The van der Waals surface area contributed by atoms with Gasteiger partial charge in [-0.2, -0.15) is 0 Å². The number of carbonyl (C=O) groups excluding carboxylic acids is 2. The summed E-state index contributed by atoms with van der Waals surface area (Å²) in [4.78, 5) is 21.4. The third kappa shape index (κ3) is 4.73. The molecule has 0 aliphatic heterocycles. The number of hydrogen-bond acceptors (Lipinski definition) is 4. The molecule has 4 nitrogen and oxygen atoms in total. The molecule has 80 valence electrons. The summed E-state index contributed by atoms with van der Waals surface area (Å²) in [5.41, 5.74) is 1.00. The van der Waals surface area contributed by atoms with E-state index in [2.05, 4.69) is 0 Å².